The standard InChI is InChI=1S/C14H20N2O/c1-3-6-15-9-14(17)11-4-5-13-12(8-11)7-10(2)16-13/h4-5,8,10,15-16H,3,6-7,9H2,1-2H3. The molecule has 92 valence electrons. The Labute approximate surface area is 103 Å². The van der Waals surface area contributed by atoms with Crippen LogP contribution in [0.2, 0.25) is 0 Å². The van der Waals surface area contributed by atoms with E-state index < -0.39 is 0 Å². The van der Waals surface area contributed by atoms with Gasteiger partial charge in [-0.2, -0.15) is 0 Å². The second-order valence-corrected chi connectivity index (χ2v) is 4.72. The smallest absolute Gasteiger partial charge is 0.176 e. The highest BCUT2D eigenvalue weighted by Crippen LogP contribution is 2.26. The molecule has 1 atom stereocenters. The molecule has 3 nitrogen and oxygen atoms in total. The zero-order valence-corrected chi connectivity index (χ0v) is 10.5. The van der Waals surface area contributed by atoms with Crippen molar-refractivity contribution >= 4 is 11.5 Å². The molecule has 1 heterocycles. The van der Waals surface area contributed by atoms with E-state index in [2.05, 4.69) is 24.5 Å². The number of hydrogen-bond donors (Lipinski definition) is 2. The predicted octanol–water partition coefficient (Wildman–Crippen LogP) is 2.23. The highest BCUT2D eigenvalue weighted by atomic mass is 16.1. The van der Waals surface area contributed by atoms with Gasteiger partial charge in [0.25, 0.3) is 0 Å². The van der Waals surface area contributed by atoms with Crippen LogP contribution >= 0.6 is 0 Å². The van der Waals surface area contributed by atoms with Crippen LogP contribution in [-0.2, 0) is 6.42 Å². The number of anilines is 1. The lowest BCUT2D eigenvalue weighted by molar-refractivity contribution is 0.0991. The molecule has 0 spiro atoms. The third kappa shape index (κ3) is 2.86. The molecular weight excluding hydrogens is 212 g/mol. The Morgan fingerprint density at radius 1 is 1.53 bits per heavy atom. The van der Waals surface area contributed by atoms with Crippen LogP contribution in [0.15, 0.2) is 18.2 Å². The summed E-state index contributed by atoms with van der Waals surface area (Å²) in [5, 5.41) is 6.53. The summed E-state index contributed by atoms with van der Waals surface area (Å²) in [5.41, 5.74) is 3.26. The molecule has 1 unspecified atom stereocenters. The van der Waals surface area contributed by atoms with Crippen LogP contribution in [0.25, 0.3) is 0 Å². The van der Waals surface area contributed by atoms with E-state index in [1.54, 1.807) is 0 Å². The van der Waals surface area contributed by atoms with Gasteiger partial charge in [0, 0.05) is 17.3 Å². The fourth-order valence-corrected chi connectivity index (χ4v) is 2.20. The lowest BCUT2D eigenvalue weighted by atomic mass is 10.0. The van der Waals surface area contributed by atoms with Gasteiger partial charge in [-0.25, -0.2) is 0 Å². The number of nitrogens with one attached hydrogen (secondary N) is 2. The van der Waals surface area contributed by atoms with Gasteiger partial charge in [-0.1, -0.05) is 6.92 Å². The van der Waals surface area contributed by atoms with Crippen molar-refractivity contribution in [3.8, 4) is 0 Å². The molecule has 0 amide bonds. The first kappa shape index (κ1) is 12.1. The summed E-state index contributed by atoms with van der Waals surface area (Å²) >= 11 is 0. The Morgan fingerprint density at radius 2 is 2.35 bits per heavy atom. The van der Waals surface area contributed by atoms with Gasteiger partial charge in [-0.05, 0) is 50.1 Å². The quantitative estimate of drug-likeness (QED) is 0.604. The van der Waals surface area contributed by atoms with Crippen molar-refractivity contribution < 1.29 is 4.79 Å². The number of carbonyl (C=O) groups excluding carboxylic acids is 1. The van der Waals surface area contributed by atoms with E-state index in [-0.39, 0.29) is 5.78 Å². The van der Waals surface area contributed by atoms with Gasteiger partial charge in [0.15, 0.2) is 5.78 Å². The number of fused-ring (bicyclic) bond motifs is 1. The first-order chi connectivity index (χ1) is 8.20. The maximum Gasteiger partial charge on any atom is 0.176 e. The number of benzene rings is 1. The summed E-state index contributed by atoms with van der Waals surface area (Å²) in [4.78, 5) is 11.9. The fraction of sp³-hybridized carbons (Fsp3) is 0.500. The molecule has 0 aliphatic carbocycles. The second kappa shape index (κ2) is 5.32. The molecule has 0 bridgehead atoms. The van der Waals surface area contributed by atoms with Crippen molar-refractivity contribution in [1.29, 1.82) is 0 Å². The summed E-state index contributed by atoms with van der Waals surface area (Å²) in [6.07, 6.45) is 2.07. The van der Waals surface area contributed by atoms with Crippen LogP contribution in [0.3, 0.4) is 0 Å². The highest BCUT2D eigenvalue weighted by molar-refractivity contribution is 5.98. The zero-order valence-electron chi connectivity index (χ0n) is 10.5. The van der Waals surface area contributed by atoms with Crippen molar-refractivity contribution in [2.45, 2.75) is 32.7 Å². The first-order valence-electron chi connectivity index (χ1n) is 6.34. The van der Waals surface area contributed by atoms with Crippen molar-refractivity contribution in [3.05, 3.63) is 29.3 Å². The minimum atomic E-state index is 0.181. The van der Waals surface area contributed by atoms with Crippen molar-refractivity contribution in [2.24, 2.45) is 0 Å². The largest absolute Gasteiger partial charge is 0.382 e. The fourth-order valence-electron chi connectivity index (χ4n) is 2.20. The van der Waals surface area contributed by atoms with Crippen LogP contribution < -0.4 is 10.6 Å². The van der Waals surface area contributed by atoms with E-state index in [1.165, 1.54) is 11.3 Å². The summed E-state index contributed by atoms with van der Waals surface area (Å²) in [6, 6.07) is 6.45. The molecular formula is C14H20N2O. The highest BCUT2D eigenvalue weighted by Gasteiger charge is 2.17. The van der Waals surface area contributed by atoms with Crippen LogP contribution in [0.5, 0.6) is 0 Å². The molecule has 17 heavy (non-hydrogen) atoms. The number of carbonyl (C=O) groups is 1. The van der Waals surface area contributed by atoms with E-state index in [1.807, 2.05) is 18.2 Å². The molecule has 2 rings (SSSR count). The van der Waals surface area contributed by atoms with Crippen LogP contribution in [0.1, 0.15) is 36.2 Å². The normalized spacial score (nSPS) is 17.6. The Hall–Kier alpha value is -1.35. The third-order valence-electron chi connectivity index (χ3n) is 3.07. The number of Topliss-reactive ketones (excluding diaryl/α,β-unsaturated/α-hetero) is 1. The maximum atomic E-state index is 11.9. The van der Waals surface area contributed by atoms with Gasteiger partial charge in [-0.3, -0.25) is 4.79 Å². The Morgan fingerprint density at radius 3 is 3.12 bits per heavy atom. The summed E-state index contributed by atoms with van der Waals surface area (Å²) in [5.74, 6) is 0.181. The average molecular weight is 232 g/mol. The molecule has 0 saturated heterocycles. The van der Waals surface area contributed by atoms with Gasteiger partial charge in [0.05, 0.1) is 6.54 Å². The molecule has 3 heteroatoms. The Balaban J connectivity index is 2.03. The maximum absolute atomic E-state index is 11.9. The number of rotatable bonds is 5. The van der Waals surface area contributed by atoms with Crippen molar-refractivity contribution in [1.82, 2.24) is 5.32 Å². The summed E-state index contributed by atoms with van der Waals surface area (Å²) < 4.78 is 0. The Bertz CT molecular complexity index is 415. The summed E-state index contributed by atoms with van der Waals surface area (Å²) in [6.45, 7) is 5.59. The van der Waals surface area contributed by atoms with Crippen LogP contribution in [0, 0.1) is 0 Å². The molecule has 2 N–H and O–H groups in total. The molecule has 1 aromatic carbocycles. The van der Waals surface area contributed by atoms with E-state index in [0.717, 1.165) is 24.9 Å². The van der Waals surface area contributed by atoms with Crippen LogP contribution in [0.4, 0.5) is 5.69 Å². The topological polar surface area (TPSA) is 41.1 Å². The zero-order chi connectivity index (χ0) is 12.3. The number of hydrogen-bond acceptors (Lipinski definition) is 3. The lowest BCUT2D eigenvalue weighted by Gasteiger charge is -2.05. The van der Waals surface area contributed by atoms with E-state index in [0.29, 0.717) is 12.6 Å². The first-order valence-corrected chi connectivity index (χ1v) is 6.34. The van der Waals surface area contributed by atoms with Crippen LogP contribution in [-0.4, -0.2) is 24.9 Å². The van der Waals surface area contributed by atoms with Crippen molar-refractivity contribution in [3.63, 3.8) is 0 Å². The van der Waals surface area contributed by atoms with Gasteiger partial charge < -0.3 is 10.6 Å². The summed E-state index contributed by atoms with van der Waals surface area (Å²) in [7, 11) is 0. The third-order valence-corrected chi connectivity index (χ3v) is 3.07. The predicted molar refractivity (Wildman–Crippen MR) is 70.7 cm³/mol. The molecule has 1 aliphatic rings. The molecule has 1 aliphatic heterocycles. The number of ketones is 1. The van der Waals surface area contributed by atoms with E-state index >= 15 is 0 Å². The molecule has 0 fully saturated rings. The van der Waals surface area contributed by atoms with Gasteiger partial charge in [0.2, 0.25) is 0 Å². The average Bonchev–Trinajstić information content (AvgIpc) is 2.68. The van der Waals surface area contributed by atoms with Gasteiger partial charge in [0.1, 0.15) is 0 Å². The molecule has 0 aromatic heterocycles. The molecule has 0 saturated carbocycles. The molecule has 1 aromatic rings. The lowest BCUT2D eigenvalue weighted by Crippen LogP contribution is -2.23. The van der Waals surface area contributed by atoms with Gasteiger partial charge >= 0.3 is 0 Å². The minimum absolute atomic E-state index is 0.181. The van der Waals surface area contributed by atoms with E-state index in [9.17, 15) is 4.79 Å². The second-order valence-electron chi connectivity index (χ2n) is 4.72. The molecule has 0 radical (unpaired) electrons. The minimum Gasteiger partial charge on any atom is -0.382 e. The van der Waals surface area contributed by atoms with Gasteiger partial charge in [-0.15, -0.1) is 0 Å². The van der Waals surface area contributed by atoms with Crippen molar-refractivity contribution in [2.75, 3.05) is 18.4 Å². The Kier molecular flexibility index (Phi) is 3.79. The monoisotopic (exact) mass is 232 g/mol. The van der Waals surface area contributed by atoms with E-state index in [4.69, 9.17) is 0 Å². The SMILES string of the molecule is CCCNCC(=O)c1ccc2c(c1)CC(C)N2.